The summed E-state index contributed by atoms with van der Waals surface area (Å²) >= 11 is 1.31. The van der Waals surface area contributed by atoms with Crippen molar-refractivity contribution in [2.45, 2.75) is 23.9 Å². The zero-order chi connectivity index (χ0) is 16.9. The Bertz CT molecular complexity index is 800. The minimum absolute atomic E-state index is 0.297. The molecule has 0 saturated heterocycles. The highest BCUT2D eigenvalue weighted by Gasteiger charge is 2.22. The summed E-state index contributed by atoms with van der Waals surface area (Å²) in [5, 5.41) is 8.74. The second kappa shape index (κ2) is 7.35. The monoisotopic (exact) mass is 343 g/mol. The second-order valence-corrected chi connectivity index (χ2v) is 6.45. The van der Waals surface area contributed by atoms with Crippen LogP contribution in [0.25, 0.3) is 11.6 Å². The summed E-state index contributed by atoms with van der Waals surface area (Å²) in [4.78, 5) is 11.7. The zero-order valence-electron chi connectivity index (χ0n) is 13.4. The number of ether oxygens (including phenoxy) is 1. The van der Waals surface area contributed by atoms with Gasteiger partial charge in [0.05, 0.1) is 19.9 Å². The Balaban J connectivity index is 1.95. The minimum Gasteiger partial charge on any atom is -0.468 e. The number of methoxy groups -OCH3 is 1. The molecule has 0 aliphatic heterocycles. The molecule has 0 radical (unpaired) electrons. The van der Waals surface area contributed by atoms with E-state index in [4.69, 9.17) is 9.15 Å². The highest BCUT2D eigenvalue weighted by Crippen LogP contribution is 2.28. The Kier molecular flexibility index (Phi) is 5.00. The van der Waals surface area contributed by atoms with E-state index in [1.807, 2.05) is 41.0 Å². The molecule has 0 N–H and O–H groups in total. The average molecular weight is 343 g/mol. The van der Waals surface area contributed by atoms with E-state index in [-0.39, 0.29) is 11.2 Å². The molecule has 0 unspecified atom stereocenters. The molecule has 0 spiro atoms. The number of rotatable bonds is 6. The minimum atomic E-state index is -0.377. The summed E-state index contributed by atoms with van der Waals surface area (Å²) in [5.41, 5.74) is 1.11. The van der Waals surface area contributed by atoms with Crippen molar-refractivity contribution in [3.8, 4) is 11.6 Å². The van der Waals surface area contributed by atoms with Crippen LogP contribution in [0.1, 0.15) is 12.5 Å². The van der Waals surface area contributed by atoms with Gasteiger partial charge >= 0.3 is 5.97 Å². The van der Waals surface area contributed by atoms with Crippen molar-refractivity contribution < 1.29 is 13.9 Å². The first-order valence-electron chi connectivity index (χ1n) is 7.44. The topological polar surface area (TPSA) is 70.2 Å². The number of hydrogen-bond acceptors (Lipinski definition) is 6. The molecule has 0 amide bonds. The highest BCUT2D eigenvalue weighted by atomic mass is 32.2. The lowest BCUT2D eigenvalue weighted by atomic mass is 10.2. The summed E-state index contributed by atoms with van der Waals surface area (Å²) in [6.07, 6.45) is 1.60. The molecule has 0 bridgehead atoms. The van der Waals surface area contributed by atoms with Crippen LogP contribution in [0.5, 0.6) is 0 Å². The van der Waals surface area contributed by atoms with Crippen LogP contribution in [-0.2, 0) is 16.1 Å². The van der Waals surface area contributed by atoms with Gasteiger partial charge < -0.3 is 9.15 Å². The molecule has 7 heteroatoms. The molecule has 2 heterocycles. The first-order valence-corrected chi connectivity index (χ1v) is 8.32. The lowest BCUT2D eigenvalue weighted by Crippen LogP contribution is -2.16. The molecule has 3 rings (SSSR count). The number of hydrogen-bond donors (Lipinski definition) is 0. The third-order valence-electron chi connectivity index (χ3n) is 3.46. The van der Waals surface area contributed by atoms with E-state index in [9.17, 15) is 4.79 Å². The van der Waals surface area contributed by atoms with Gasteiger partial charge in [-0.15, -0.1) is 10.2 Å². The molecule has 124 valence electrons. The van der Waals surface area contributed by atoms with Gasteiger partial charge in [-0.05, 0) is 24.6 Å². The first-order chi connectivity index (χ1) is 11.7. The Labute approximate surface area is 143 Å². The molecule has 0 aliphatic carbocycles. The summed E-state index contributed by atoms with van der Waals surface area (Å²) in [7, 11) is 1.38. The fourth-order valence-electron chi connectivity index (χ4n) is 2.24. The standard InChI is InChI=1S/C17H17N3O3S/c1-12(16(21)22-2)24-17-19-18-15(14-9-6-10-23-14)20(17)11-13-7-4-3-5-8-13/h3-10,12H,11H2,1-2H3/t12-/m1/s1. The van der Waals surface area contributed by atoms with Crippen LogP contribution in [0.2, 0.25) is 0 Å². The number of carbonyl (C=O) groups is 1. The predicted molar refractivity (Wildman–Crippen MR) is 90.6 cm³/mol. The predicted octanol–water partition coefficient (Wildman–Crippen LogP) is 3.24. The molecular weight excluding hydrogens is 326 g/mol. The Morgan fingerprint density at radius 1 is 1.25 bits per heavy atom. The molecular formula is C17H17N3O3S. The smallest absolute Gasteiger partial charge is 0.318 e. The third-order valence-corrected chi connectivity index (χ3v) is 4.52. The zero-order valence-corrected chi connectivity index (χ0v) is 14.2. The van der Waals surface area contributed by atoms with Crippen LogP contribution in [0, 0.1) is 0 Å². The van der Waals surface area contributed by atoms with Crippen LogP contribution in [0.15, 0.2) is 58.3 Å². The van der Waals surface area contributed by atoms with Crippen molar-refractivity contribution in [3.05, 3.63) is 54.3 Å². The van der Waals surface area contributed by atoms with Gasteiger partial charge in [0.25, 0.3) is 0 Å². The van der Waals surface area contributed by atoms with Gasteiger partial charge in [0.15, 0.2) is 10.9 Å². The quantitative estimate of drug-likeness (QED) is 0.505. The number of nitrogens with zero attached hydrogens (tertiary/aromatic N) is 3. The summed E-state index contributed by atoms with van der Waals surface area (Å²) in [6.45, 7) is 2.37. The maximum absolute atomic E-state index is 11.7. The Hall–Kier alpha value is -2.54. The molecule has 0 saturated carbocycles. The summed E-state index contributed by atoms with van der Waals surface area (Å²) in [6, 6.07) is 13.6. The number of esters is 1. The highest BCUT2D eigenvalue weighted by molar-refractivity contribution is 8.00. The fourth-order valence-corrected chi connectivity index (χ4v) is 3.12. The van der Waals surface area contributed by atoms with E-state index in [0.717, 1.165) is 5.56 Å². The van der Waals surface area contributed by atoms with Crippen molar-refractivity contribution >= 4 is 17.7 Å². The SMILES string of the molecule is COC(=O)[C@@H](C)Sc1nnc(-c2ccco2)n1Cc1ccccc1. The first kappa shape index (κ1) is 16.3. The normalized spacial score (nSPS) is 12.1. The lowest BCUT2D eigenvalue weighted by molar-refractivity contribution is -0.139. The number of carbonyl (C=O) groups excluding carboxylic acids is 1. The largest absolute Gasteiger partial charge is 0.468 e. The number of furan rings is 1. The molecule has 24 heavy (non-hydrogen) atoms. The van der Waals surface area contributed by atoms with E-state index in [0.29, 0.717) is 23.3 Å². The van der Waals surface area contributed by atoms with Crippen molar-refractivity contribution in [1.82, 2.24) is 14.8 Å². The maximum Gasteiger partial charge on any atom is 0.318 e. The summed E-state index contributed by atoms with van der Waals surface area (Å²) in [5.74, 6) is 0.966. The number of aromatic nitrogens is 3. The van der Waals surface area contributed by atoms with Crippen molar-refractivity contribution in [1.29, 1.82) is 0 Å². The van der Waals surface area contributed by atoms with Gasteiger partial charge in [-0.3, -0.25) is 9.36 Å². The molecule has 0 fully saturated rings. The van der Waals surface area contributed by atoms with Crippen LogP contribution >= 0.6 is 11.8 Å². The van der Waals surface area contributed by atoms with Crippen molar-refractivity contribution in [3.63, 3.8) is 0 Å². The molecule has 0 aliphatic rings. The van der Waals surface area contributed by atoms with Gasteiger partial charge in [-0.2, -0.15) is 0 Å². The molecule has 6 nitrogen and oxygen atoms in total. The van der Waals surface area contributed by atoms with Crippen molar-refractivity contribution in [2.24, 2.45) is 0 Å². The third kappa shape index (κ3) is 3.51. The molecule has 2 aromatic heterocycles. The average Bonchev–Trinajstić information content (AvgIpc) is 3.25. The molecule has 1 aromatic carbocycles. The lowest BCUT2D eigenvalue weighted by Gasteiger charge is -2.11. The van der Waals surface area contributed by atoms with E-state index in [1.165, 1.54) is 18.9 Å². The number of benzene rings is 1. The molecule has 1 atom stereocenters. The van der Waals surface area contributed by atoms with Gasteiger partial charge in [-0.1, -0.05) is 42.1 Å². The van der Waals surface area contributed by atoms with Gasteiger partial charge in [0.2, 0.25) is 5.82 Å². The number of thioether (sulfide) groups is 1. The fraction of sp³-hybridized carbons (Fsp3) is 0.235. The van der Waals surface area contributed by atoms with Crippen LogP contribution < -0.4 is 0 Å². The molecule has 3 aromatic rings. The van der Waals surface area contributed by atoms with E-state index in [2.05, 4.69) is 10.2 Å². The van der Waals surface area contributed by atoms with Crippen LogP contribution in [-0.4, -0.2) is 33.1 Å². The van der Waals surface area contributed by atoms with E-state index < -0.39 is 0 Å². The van der Waals surface area contributed by atoms with Crippen LogP contribution in [0.4, 0.5) is 0 Å². The maximum atomic E-state index is 11.7. The van der Waals surface area contributed by atoms with Crippen molar-refractivity contribution in [2.75, 3.05) is 7.11 Å². The van der Waals surface area contributed by atoms with E-state index in [1.54, 1.807) is 19.3 Å². The van der Waals surface area contributed by atoms with Gasteiger partial charge in [-0.25, -0.2) is 0 Å². The Morgan fingerprint density at radius 2 is 2.04 bits per heavy atom. The summed E-state index contributed by atoms with van der Waals surface area (Å²) < 4.78 is 12.2. The van der Waals surface area contributed by atoms with Gasteiger partial charge in [0, 0.05) is 0 Å². The van der Waals surface area contributed by atoms with Gasteiger partial charge in [0.1, 0.15) is 5.25 Å². The van der Waals surface area contributed by atoms with E-state index >= 15 is 0 Å². The Morgan fingerprint density at radius 3 is 2.71 bits per heavy atom. The van der Waals surface area contributed by atoms with Crippen LogP contribution in [0.3, 0.4) is 0 Å². The second-order valence-electron chi connectivity index (χ2n) is 5.14.